The van der Waals surface area contributed by atoms with Crippen molar-refractivity contribution in [3.05, 3.63) is 24.8 Å². The minimum absolute atomic E-state index is 0.0219. The van der Waals surface area contributed by atoms with Gasteiger partial charge in [-0.1, -0.05) is 38.7 Å². The highest BCUT2D eigenvalue weighted by molar-refractivity contribution is 5.78. The fourth-order valence-electron chi connectivity index (χ4n) is 1.81. The molecule has 72 valence electrons. The third-order valence-electron chi connectivity index (χ3n) is 2.82. The SMILES string of the molecule is C=C/C=C/C1C(C(=O)OC)C1(C)C. The van der Waals surface area contributed by atoms with Crippen molar-refractivity contribution in [1.29, 1.82) is 0 Å². The predicted molar refractivity (Wildman–Crippen MR) is 52.1 cm³/mol. The maximum absolute atomic E-state index is 11.3. The van der Waals surface area contributed by atoms with Crippen LogP contribution in [0.5, 0.6) is 0 Å². The van der Waals surface area contributed by atoms with Crippen LogP contribution in [0, 0.1) is 17.3 Å². The Morgan fingerprint density at radius 2 is 2.15 bits per heavy atom. The lowest BCUT2D eigenvalue weighted by molar-refractivity contribution is -0.143. The van der Waals surface area contributed by atoms with E-state index in [9.17, 15) is 4.79 Å². The van der Waals surface area contributed by atoms with E-state index in [1.54, 1.807) is 6.08 Å². The van der Waals surface area contributed by atoms with Crippen LogP contribution in [-0.4, -0.2) is 13.1 Å². The molecule has 2 nitrogen and oxygen atoms in total. The van der Waals surface area contributed by atoms with Gasteiger partial charge in [0.05, 0.1) is 13.0 Å². The molecule has 0 aromatic heterocycles. The Hall–Kier alpha value is -1.05. The van der Waals surface area contributed by atoms with Gasteiger partial charge in [0.1, 0.15) is 0 Å². The van der Waals surface area contributed by atoms with Gasteiger partial charge >= 0.3 is 5.97 Å². The lowest BCUT2D eigenvalue weighted by Gasteiger charge is -1.98. The number of allylic oxidation sites excluding steroid dienone is 3. The van der Waals surface area contributed by atoms with E-state index in [2.05, 4.69) is 20.4 Å². The molecule has 0 spiro atoms. The van der Waals surface area contributed by atoms with E-state index in [0.29, 0.717) is 5.92 Å². The molecule has 0 aliphatic heterocycles. The number of carbonyl (C=O) groups excluding carboxylic acids is 1. The molecule has 2 unspecified atom stereocenters. The molecule has 0 saturated heterocycles. The smallest absolute Gasteiger partial charge is 0.309 e. The van der Waals surface area contributed by atoms with E-state index in [1.807, 2.05) is 12.2 Å². The molecule has 0 amide bonds. The Morgan fingerprint density at radius 1 is 1.54 bits per heavy atom. The van der Waals surface area contributed by atoms with E-state index < -0.39 is 0 Å². The Kier molecular flexibility index (Phi) is 2.60. The molecule has 13 heavy (non-hydrogen) atoms. The normalized spacial score (nSPS) is 30.1. The van der Waals surface area contributed by atoms with Crippen molar-refractivity contribution in [2.45, 2.75) is 13.8 Å². The van der Waals surface area contributed by atoms with Crippen LogP contribution in [0.25, 0.3) is 0 Å². The monoisotopic (exact) mass is 180 g/mol. The summed E-state index contributed by atoms with van der Waals surface area (Å²) in [6.07, 6.45) is 5.63. The summed E-state index contributed by atoms with van der Waals surface area (Å²) in [5.41, 5.74) is 0.0482. The summed E-state index contributed by atoms with van der Waals surface area (Å²) in [7, 11) is 1.44. The molecule has 2 heteroatoms. The van der Waals surface area contributed by atoms with Crippen molar-refractivity contribution in [2.75, 3.05) is 7.11 Å². The van der Waals surface area contributed by atoms with Crippen LogP contribution in [0.4, 0.5) is 0 Å². The highest BCUT2D eigenvalue weighted by Gasteiger charge is 2.61. The van der Waals surface area contributed by atoms with Crippen molar-refractivity contribution < 1.29 is 9.53 Å². The van der Waals surface area contributed by atoms with Crippen molar-refractivity contribution in [3.8, 4) is 0 Å². The topological polar surface area (TPSA) is 26.3 Å². The van der Waals surface area contributed by atoms with E-state index in [4.69, 9.17) is 4.74 Å². The van der Waals surface area contributed by atoms with Crippen LogP contribution in [0.1, 0.15) is 13.8 Å². The van der Waals surface area contributed by atoms with Crippen LogP contribution in [-0.2, 0) is 9.53 Å². The standard InChI is InChI=1S/C11H16O2/c1-5-6-7-8-9(10(12)13-4)11(8,2)3/h5-9H,1H2,2-4H3/b7-6+. The summed E-state index contributed by atoms with van der Waals surface area (Å²) in [5, 5.41) is 0. The molecule has 1 rings (SSSR count). The van der Waals surface area contributed by atoms with Crippen LogP contribution >= 0.6 is 0 Å². The van der Waals surface area contributed by atoms with Gasteiger partial charge in [0.2, 0.25) is 0 Å². The maximum atomic E-state index is 11.3. The molecule has 0 radical (unpaired) electrons. The van der Waals surface area contributed by atoms with Crippen molar-refractivity contribution >= 4 is 5.97 Å². The summed E-state index contributed by atoms with van der Waals surface area (Å²) in [5.74, 6) is 0.218. The number of rotatable bonds is 3. The van der Waals surface area contributed by atoms with Crippen LogP contribution in [0.3, 0.4) is 0 Å². The first kappa shape index (κ1) is 10.0. The molecular formula is C11H16O2. The molecule has 0 bridgehead atoms. The average molecular weight is 180 g/mol. The molecule has 1 aliphatic carbocycles. The lowest BCUT2D eigenvalue weighted by atomic mass is 10.1. The summed E-state index contributed by atoms with van der Waals surface area (Å²) < 4.78 is 4.72. The molecule has 0 N–H and O–H groups in total. The van der Waals surface area contributed by atoms with Gasteiger partial charge in [-0.2, -0.15) is 0 Å². The highest BCUT2D eigenvalue weighted by Crippen LogP contribution is 2.59. The second kappa shape index (κ2) is 3.36. The zero-order chi connectivity index (χ0) is 10.1. The second-order valence-electron chi connectivity index (χ2n) is 3.97. The fourth-order valence-corrected chi connectivity index (χ4v) is 1.81. The number of hydrogen-bond acceptors (Lipinski definition) is 2. The van der Waals surface area contributed by atoms with Gasteiger partial charge < -0.3 is 4.74 Å². The number of hydrogen-bond donors (Lipinski definition) is 0. The zero-order valence-corrected chi connectivity index (χ0v) is 8.41. The number of esters is 1. The predicted octanol–water partition coefficient (Wildman–Crippen LogP) is 2.17. The van der Waals surface area contributed by atoms with E-state index in [1.165, 1.54) is 7.11 Å². The number of methoxy groups -OCH3 is 1. The molecule has 1 saturated carbocycles. The first-order chi connectivity index (χ1) is 6.05. The molecule has 1 fully saturated rings. The van der Waals surface area contributed by atoms with E-state index >= 15 is 0 Å². The van der Waals surface area contributed by atoms with Gasteiger partial charge in [-0.3, -0.25) is 4.79 Å². The van der Waals surface area contributed by atoms with Crippen molar-refractivity contribution in [1.82, 2.24) is 0 Å². The molecule has 0 aromatic carbocycles. The van der Waals surface area contributed by atoms with Crippen LogP contribution in [0.2, 0.25) is 0 Å². The Morgan fingerprint density at radius 3 is 2.62 bits per heavy atom. The van der Waals surface area contributed by atoms with E-state index in [-0.39, 0.29) is 17.3 Å². The maximum Gasteiger partial charge on any atom is 0.309 e. The second-order valence-corrected chi connectivity index (χ2v) is 3.97. The van der Waals surface area contributed by atoms with Gasteiger partial charge in [-0.15, -0.1) is 0 Å². The van der Waals surface area contributed by atoms with Gasteiger partial charge in [-0.05, 0) is 11.3 Å². The number of carbonyl (C=O) groups is 1. The van der Waals surface area contributed by atoms with E-state index in [0.717, 1.165) is 0 Å². The largest absolute Gasteiger partial charge is 0.469 e. The van der Waals surface area contributed by atoms with Crippen LogP contribution in [0.15, 0.2) is 24.8 Å². The third-order valence-corrected chi connectivity index (χ3v) is 2.82. The van der Waals surface area contributed by atoms with Gasteiger partial charge in [-0.25, -0.2) is 0 Å². The summed E-state index contributed by atoms with van der Waals surface area (Å²) in [6.45, 7) is 7.75. The minimum atomic E-state index is -0.108. The minimum Gasteiger partial charge on any atom is -0.469 e. The quantitative estimate of drug-likeness (QED) is 0.491. The molecule has 0 heterocycles. The average Bonchev–Trinajstić information content (AvgIpc) is 2.63. The van der Waals surface area contributed by atoms with Gasteiger partial charge in [0, 0.05) is 0 Å². The Bertz CT molecular complexity index is 251. The molecular weight excluding hydrogens is 164 g/mol. The van der Waals surface area contributed by atoms with Crippen molar-refractivity contribution in [3.63, 3.8) is 0 Å². The van der Waals surface area contributed by atoms with Crippen molar-refractivity contribution in [2.24, 2.45) is 17.3 Å². The summed E-state index contributed by atoms with van der Waals surface area (Å²) >= 11 is 0. The number of ether oxygens (including phenoxy) is 1. The highest BCUT2D eigenvalue weighted by atomic mass is 16.5. The summed E-state index contributed by atoms with van der Waals surface area (Å²) in [6, 6.07) is 0. The lowest BCUT2D eigenvalue weighted by Crippen LogP contribution is -2.07. The molecule has 2 atom stereocenters. The van der Waals surface area contributed by atoms with Gasteiger partial charge in [0.15, 0.2) is 0 Å². The first-order valence-electron chi connectivity index (χ1n) is 4.42. The molecule has 0 aromatic rings. The summed E-state index contributed by atoms with van der Waals surface area (Å²) in [4.78, 5) is 11.3. The fraction of sp³-hybridized carbons (Fsp3) is 0.545. The Labute approximate surface area is 79.3 Å². The first-order valence-corrected chi connectivity index (χ1v) is 4.42. The third kappa shape index (κ3) is 1.67. The van der Waals surface area contributed by atoms with Crippen LogP contribution < -0.4 is 0 Å². The zero-order valence-electron chi connectivity index (χ0n) is 8.41. The van der Waals surface area contributed by atoms with Gasteiger partial charge in [0.25, 0.3) is 0 Å². The molecule has 1 aliphatic rings. The Balaban J connectivity index is 2.65.